The lowest BCUT2D eigenvalue weighted by Crippen LogP contribution is -2.22. The van der Waals surface area contributed by atoms with E-state index in [2.05, 4.69) is 0 Å². The van der Waals surface area contributed by atoms with Gasteiger partial charge in [-0.25, -0.2) is 13.6 Å². The Bertz CT molecular complexity index is 1130. The van der Waals surface area contributed by atoms with E-state index in [1.54, 1.807) is 38.4 Å². The smallest absolute Gasteiger partial charge is 0.255 e. The largest absolute Gasteiger partial charge is 0.345 e. The fourth-order valence-corrected chi connectivity index (χ4v) is 3.66. The summed E-state index contributed by atoms with van der Waals surface area (Å²) in [6.07, 6.45) is 0. The van der Waals surface area contributed by atoms with Crippen LogP contribution in [-0.4, -0.2) is 37.9 Å². The Balaban J connectivity index is 2.23. The van der Waals surface area contributed by atoms with E-state index in [0.29, 0.717) is 16.3 Å². The predicted molar refractivity (Wildman–Crippen MR) is 110 cm³/mol. The Morgan fingerprint density at radius 2 is 1.61 bits per heavy atom. The first-order valence-electron chi connectivity index (χ1n) is 8.43. The molecule has 0 aliphatic rings. The molecule has 1 aromatic heterocycles. The standard InChI is InChI=1S/C20H20ClN3O3S/c1-13-18(20(25)23(2)3)12-19(14-4-6-15(21)7-5-14)24(13)16-8-10-17(11-9-16)28(22,26)27/h4-12H,1-3H3,(H2,22,26,27). The summed E-state index contributed by atoms with van der Waals surface area (Å²) in [6, 6.07) is 15.3. The number of benzene rings is 2. The van der Waals surface area contributed by atoms with Crippen LogP contribution in [0.5, 0.6) is 0 Å². The summed E-state index contributed by atoms with van der Waals surface area (Å²) in [5.74, 6) is -0.118. The molecule has 1 amide bonds. The fourth-order valence-electron chi connectivity index (χ4n) is 3.01. The van der Waals surface area contributed by atoms with Crippen LogP contribution in [0.3, 0.4) is 0 Å². The lowest BCUT2D eigenvalue weighted by Gasteiger charge is -2.14. The molecule has 0 atom stereocenters. The second kappa shape index (κ2) is 7.43. The van der Waals surface area contributed by atoms with E-state index in [1.807, 2.05) is 29.7 Å². The highest BCUT2D eigenvalue weighted by atomic mass is 35.5. The zero-order valence-electron chi connectivity index (χ0n) is 15.7. The van der Waals surface area contributed by atoms with Crippen molar-refractivity contribution in [3.63, 3.8) is 0 Å². The van der Waals surface area contributed by atoms with Gasteiger partial charge < -0.3 is 9.47 Å². The molecule has 3 aromatic rings. The third-order valence-corrected chi connectivity index (χ3v) is 5.63. The maximum absolute atomic E-state index is 12.6. The van der Waals surface area contributed by atoms with Gasteiger partial charge >= 0.3 is 0 Å². The lowest BCUT2D eigenvalue weighted by atomic mass is 10.1. The van der Waals surface area contributed by atoms with E-state index in [4.69, 9.17) is 16.7 Å². The fraction of sp³-hybridized carbons (Fsp3) is 0.150. The van der Waals surface area contributed by atoms with Crippen LogP contribution in [0.2, 0.25) is 5.02 Å². The molecule has 0 unspecified atom stereocenters. The summed E-state index contributed by atoms with van der Waals surface area (Å²) in [5.41, 5.74) is 3.69. The van der Waals surface area contributed by atoms with Gasteiger partial charge in [0.05, 0.1) is 16.2 Å². The molecule has 3 rings (SSSR count). The van der Waals surface area contributed by atoms with Gasteiger partial charge in [0.2, 0.25) is 10.0 Å². The Labute approximate surface area is 169 Å². The number of aromatic nitrogens is 1. The van der Waals surface area contributed by atoms with Crippen molar-refractivity contribution in [3.05, 3.63) is 70.9 Å². The van der Waals surface area contributed by atoms with Gasteiger partial charge in [-0.05, 0) is 55.0 Å². The lowest BCUT2D eigenvalue weighted by molar-refractivity contribution is 0.0827. The van der Waals surface area contributed by atoms with E-state index in [-0.39, 0.29) is 10.8 Å². The number of rotatable bonds is 4. The van der Waals surface area contributed by atoms with Gasteiger partial charge in [-0.2, -0.15) is 0 Å². The average Bonchev–Trinajstić information content (AvgIpc) is 2.98. The van der Waals surface area contributed by atoms with Crippen molar-refractivity contribution in [1.82, 2.24) is 9.47 Å². The Morgan fingerprint density at radius 3 is 2.11 bits per heavy atom. The number of nitrogens with two attached hydrogens (primary N) is 1. The molecule has 0 radical (unpaired) electrons. The molecule has 2 N–H and O–H groups in total. The second-order valence-corrected chi connectivity index (χ2v) is 8.61. The van der Waals surface area contributed by atoms with Crippen molar-refractivity contribution in [2.45, 2.75) is 11.8 Å². The molecule has 0 spiro atoms. The molecule has 0 fully saturated rings. The van der Waals surface area contributed by atoms with Gasteiger partial charge in [0.1, 0.15) is 0 Å². The third-order valence-electron chi connectivity index (χ3n) is 4.45. The van der Waals surface area contributed by atoms with Gasteiger partial charge in [0, 0.05) is 30.5 Å². The summed E-state index contributed by atoms with van der Waals surface area (Å²) in [7, 11) is -0.390. The van der Waals surface area contributed by atoms with Gasteiger partial charge in [0.15, 0.2) is 0 Å². The number of halogens is 1. The molecule has 6 nitrogen and oxygen atoms in total. The topological polar surface area (TPSA) is 85.4 Å². The SMILES string of the molecule is Cc1c(C(=O)N(C)C)cc(-c2ccc(Cl)cc2)n1-c1ccc(S(N)(=O)=O)cc1. The van der Waals surface area contributed by atoms with E-state index in [0.717, 1.165) is 17.0 Å². The maximum Gasteiger partial charge on any atom is 0.255 e. The van der Waals surface area contributed by atoms with Gasteiger partial charge in [-0.3, -0.25) is 4.79 Å². The predicted octanol–water partition coefficient (Wildman–Crippen LogP) is 3.46. The van der Waals surface area contributed by atoms with Crippen molar-refractivity contribution >= 4 is 27.5 Å². The van der Waals surface area contributed by atoms with Crippen LogP contribution < -0.4 is 5.14 Å². The van der Waals surface area contributed by atoms with Crippen molar-refractivity contribution in [1.29, 1.82) is 0 Å². The number of primary sulfonamides is 1. The molecule has 0 bridgehead atoms. The number of amides is 1. The van der Waals surface area contributed by atoms with E-state index in [9.17, 15) is 13.2 Å². The van der Waals surface area contributed by atoms with Gasteiger partial charge in [-0.1, -0.05) is 23.7 Å². The molecule has 2 aromatic carbocycles. The molecule has 0 saturated heterocycles. The van der Waals surface area contributed by atoms with Crippen LogP contribution in [0.1, 0.15) is 16.1 Å². The van der Waals surface area contributed by atoms with Gasteiger partial charge in [0.25, 0.3) is 5.91 Å². The summed E-state index contributed by atoms with van der Waals surface area (Å²) in [4.78, 5) is 14.2. The summed E-state index contributed by atoms with van der Waals surface area (Å²) in [5, 5.41) is 5.80. The van der Waals surface area contributed by atoms with E-state index < -0.39 is 10.0 Å². The highest BCUT2D eigenvalue weighted by Gasteiger charge is 2.21. The molecule has 1 heterocycles. The first kappa shape index (κ1) is 20.1. The van der Waals surface area contributed by atoms with Crippen LogP contribution in [0, 0.1) is 6.92 Å². The number of carbonyl (C=O) groups excluding carboxylic acids is 1. The number of hydrogen-bond acceptors (Lipinski definition) is 3. The van der Waals surface area contributed by atoms with Crippen LogP contribution >= 0.6 is 11.6 Å². The number of carbonyl (C=O) groups is 1. The van der Waals surface area contributed by atoms with E-state index in [1.165, 1.54) is 17.0 Å². The van der Waals surface area contributed by atoms with Crippen molar-refractivity contribution in [3.8, 4) is 16.9 Å². The molecule has 0 saturated carbocycles. The van der Waals surface area contributed by atoms with Crippen molar-refractivity contribution in [2.24, 2.45) is 5.14 Å². The van der Waals surface area contributed by atoms with Crippen LogP contribution in [0.25, 0.3) is 16.9 Å². The molecule has 28 heavy (non-hydrogen) atoms. The number of nitrogens with zero attached hydrogens (tertiary/aromatic N) is 2. The quantitative estimate of drug-likeness (QED) is 0.705. The Hall–Kier alpha value is -2.61. The highest BCUT2D eigenvalue weighted by molar-refractivity contribution is 7.89. The molecular formula is C20H20ClN3O3S. The Kier molecular flexibility index (Phi) is 5.34. The number of hydrogen-bond donors (Lipinski definition) is 1. The highest BCUT2D eigenvalue weighted by Crippen LogP contribution is 2.31. The minimum Gasteiger partial charge on any atom is -0.345 e. The zero-order valence-corrected chi connectivity index (χ0v) is 17.3. The van der Waals surface area contributed by atoms with Crippen molar-refractivity contribution in [2.75, 3.05) is 14.1 Å². The summed E-state index contributed by atoms with van der Waals surface area (Å²) < 4.78 is 25.0. The maximum atomic E-state index is 12.6. The first-order valence-corrected chi connectivity index (χ1v) is 10.3. The molecular weight excluding hydrogens is 398 g/mol. The molecule has 0 aliphatic heterocycles. The zero-order chi connectivity index (χ0) is 20.6. The molecule has 8 heteroatoms. The summed E-state index contributed by atoms with van der Waals surface area (Å²) >= 11 is 6.01. The molecule has 146 valence electrons. The summed E-state index contributed by atoms with van der Waals surface area (Å²) in [6.45, 7) is 1.85. The number of sulfonamides is 1. The average molecular weight is 418 g/mol. The van der Waals surface area contributed by atoms with Gasteiger partial charge in [-0.15, -0.1) is 0 Å². The van der Waals surface area contributed by atoms with Crippen LogP contribution in [0.15, 0.2) is 59.5 Å². The molecule has 0 aliphatic carbocycles. The Morgan fingerprint density at radius 1 is 1.04 bits per heavy atom. The minimum atomic E-state index is -3.78. The normalized spacial score (nSPS) is 11.5. The minimum absolute atomic E-state index is 0.0266. The van der Waals surface area contributed by atoms with Crippen LogP contribution in [0.4, 0.5) is 0 Å². The first-order chi connectivity index (χ1) is 13.1. The second-order valence-electron chi connectivity index (χ2n) is 6.61. The monoisotopic (exact) mass is 417 g/mol. The van der Waals surface area contributed by atoms with Crippen molar-refractivity contribution < 1.29 is 13.2 Å². The van der Waals surface area contributed by atoms with E-state index >= 15 is 0 Å². The van der Waals surface area contributed by atoms with Crippen LogP contribution in [-0.2, 0) is 10.0 Å². The third kappa shape index (κ3) is 3.82.